The van der Waals surface area contributed by atoms with E-state index >= 15 is 0 Å². The summed E-state index contributed by atoms with van der Waals surface area (Å²) in [4.78, 5) is 12.4. The average molecular weight is 453 g/mol. The lowest BCUT2D eigenvalue weighted by molar-refractivity contribution is -0.115. The molecular weight excluding hydrogens is 435 g/mol. The first-order valence-electron chi connectivity index (χ1n) is 8.55. The Balaban J connectivity index is 1.48. The number of thioether (sulfide) groups is 1. The first kappa shape index (κ1) is 20.9. The molecular formula is C19H18Cl2N4OS2. The van der Waals surface area contributed by atoms with Crippen LogP contribution in [0.5, 0.6) is 0 Å². The molecule has 146 valence electrons. The second-order valence-corrected chi connectivity index (χ2v) is 9.32. The molecule has 0 saturated heterocycles. The Morgan fingerprint density at radius 2 is 1.96 bits per heavy atom. The van der Waals surface area contributed by atoms with Crippen molar-refractivity contribution in [2.45, 2.75) is 22.9 Å². The second kappa shape index (κ2) is 10.1. The smallest absolute Gasteiger partial charge is 0.237 e. The number of aromatic nitrogens is 2. The minimum atomic E-state index is -0.350. The fourth-order valence-electron chi connectivity index (χ4n) is 2.32. The van der Waals surface area contributed by atoms with E-state index in [9.17, 15) is 4.79 Å². The third kappa shape index (κ3) is 6.10. The lowest BCUT2D eigenvalue weighted by atomic mass is 10.2. The number of benzene rings is 2. The van der Waals surface area contributed by atoms with Gasteiger partial charge in [-0.3, -0.25) is 4.79 Å². The first-order chi connectivity index (χ1) is 13.5. The number of rotatable bonds is 8. The van der Waals surface area contributed by atoms with Gasteiger partial charge in [-0.25, -0.2) is 0 Å². The lowest BCUT2D eigenvalue weighted by Gasteiger charge is -2.11. The van der Waals surface area contributed by atoms with Gasteiger partial charge in [0, 0.05) is 11.6 Å². The minimum absolute atomic E-state index is 0.164. The predicted molar refractivity (Wildman–Crippen MR) is 119 cm³/mol. The standard InChI is InChI=1S/C19H18Cl2N4OS2/c1-12(17(26)23-16-8-7-14(20)11-15(16)21)27-19-25-24-18(28-19)22-10-9-13-5-3-2-4-6-13/h2-8,11-12H,9-10H2,1H3,(H,22,24)(H,23,26). The van der Waals surface area contributed by atoms with E-state index in [1.165, 1.54) is 28.7 Å². The van der Waals surface area contributed by atoms with Crippen LogP contribution in [0.1, 0.15) is 12.5 Å². The molecule has 0 aliphatic rings. The quantitative estimate of drug-likeness (QED) is 0.434. The maximum Gasteiger partial charge on any atom is 0.237 e. The number of nitrogens with zero attached hydrogens (tertiary/aromatic N) is 2. The molecule has 3 rings (SSSR count). The second-order valence-electron chi connectivity index (χ2n) is 5.91. The largest absolute Gasteiger partial charge is 0.360 e. The zero-order valence-electron chi connectivity index (χ0n) is 15.0. The Morgan fingerprint density at radius 1 is 1.18 bits per heavy atom. The summed E-state index contributed by atoms with van der Waals surface area (Å²) in [6.07, 6.45) is 0.906. The topological polar surface area (TPSA) is 66.9 Å². The maximum atomic E-state index is 12.4. The predicted octanol–water partition coefficient (Wildman–Crippen LogP) is 5.62. The Kier molecular flexibility index (Phi) is 7.56. The number of carbonyl (C=O) groups excluding carboxylic acids is 1. The number of halogens is 2. The Labute approximate surface area is 181 Å². The highest BCUT2D eigenvalue weighted by atomic mass is 35.5. The van der Waals surface area contributed by atoms with Crippen LogP contribution in [0.3, 0.4) is 0 Å². The summed E-state index contributed by atoms with van der Waals surface area (Å²) in [7, 11) is 0. The van der Waals surface area contributed by atoms with Crippen LogP contribution in [-0.2, 0) is 11.2 Å². The Bertz CT molecular complexity index is 937. The molecule has 0 bridgehead atoms. The number of carbonyl (C=O) groups is 1. The van der Waals surface area contributed by atoms with E-state index in [1.807, 2.05) is 25.1 Å². The van der Waals surface area contributed by atoms with Crippen molar-refractivity contribution in [3.8, 4) is 0 Å². The molecule has 0 radical (unpaired) electrons. The monoisotopic (exact) mass is 452 g/mol. The third-order valence-electron chi connectivity index (χ3n) is 3.78. The highest BCUT2D eigenvalue weighted by molar-refractivity contribution is 8.02. The van der Waals surface area contributed by atoms with Crippen molar-refractivity contribution >= 4 is 63.0 Å². The van der Waals surface area contributed by atoms with Gasteiger partial charge in [-0.2, -0.15) is 0 Å². The fraction of sp³-hybridized carbons (Fsp3) is 0.211. The summed E-state index contributed by atoms with van der Waals surface area (Å²) in [5.74, 6) is -0.164. The van der Waals surface area contributed by atoms with Crippen molar-refractivity contribution in [2.75, 3.05) is 17.2 Å². The number of hydrogen-bond donors (Lipinski definition) is 2. The van der Waals surface area contributed by atoms with Gasteiger partial charge in [0.1, 0.15) is 0 Å². The number of hydrogen-bond acceptors (Lipinski definition) is 6. The van der Waals surface area contributed by atoms with Crippen molar-refractivity contribution in [3.63, 3.8) is 0 Å². The molecule has 1 atom stereocenters. The normalized spacial score (nSPS) is 11.8. The molecule has 2 N–H and O–H groups in total. The van der Waals surface area contributed by atoms with Crippen molar-refractivity contribution in [2.24, 2.45) is 0 Å². The molecule has 0 fully saturated rings. The van der Waals surface area contributed by atoms with Crippen molar-refractivity contribution in [3.05, 3.63) is 64.1 Å². The van der Waals surface area contributed by atoms with Gasteiger partial charge in [0.2, 0.25) is 11.0 Å². The highest BCUT2D eigenvalue weighted by Crippen LogP contribution is 2.30. The Hall–Kier alpha value is -1.80. The number of nitrogens with one attached hydrogen (secondary N) is 2. The van der Waals surface area contributed by atoms with Crippen LogP contribution in [0.15, 0.2) is 52.9 Å². The molecule has 2 aromatic carbocycles. The molecule has 0 aliphatic heterocycles. The molecule has 1 amide bonds. The fourth-order valence-corrected chi connectivity index (χ4v) is 4.69. The zero-order valence-corrected chi connectivity index (χ0v) is 18.1. The third-order valence-corrected chi connectivity index (χ3v) is 6.39. The van der Waals surface area contributed by atoms with Crippen molar-refractivity contribution in [1.82, 2.24) is 10.2 Å². The molecule has 3 aromatic rings. The van der Waals surface area contributed by atoms with Gasteiger partial charge >= 0.3 is 0 Å². The van der Waals surface area contributed by atoms with Crippen LogP contribution >= 0.6 is 46.3 Å². The van der Waals surface area contributed by atoms with Crippen LogP contribution in [0, 0.1) is 0 Å². The van der Waals surface area contributed by atoms with E-state index in [2.05, 4.69) is 33.0 Å². The van der Waals surface area contributed by atoms with Gasteiger partial charge in [0.15, 0.2) is 4.34 Å². The van der Waals surface area contributed by atoms with E-state index in [0.29, 0.717) is 15.7 Å². The summed E-state index contributed by atoms with van der Waals surface area (Å²) in [6.45, 7) is 2.59. The van der Waals surface area contributed by atoms with Crippen LogP contribution < -0.4 is 10.6 Å². The van der Waals surface area contributed by atoms with Gasteiger partial charge in [-0.1, -0.05) is 76.6 Å². The van der Waals surface area contributed by atoms with E-state index < -0.39 is 0 Å². The maximum absolute atomic E-state index is 12.4. The van der Waals surface area contributed by atoms with Crippen LogP contribution in [0.4, 0.5) is 10.8 Å². The molecule has 1 heterocycles. The van der Waals surface area contributed by atoms with Gasteiger partial charge in [0.25, 0.3) is 0 Å². The summed E-state index contributed by atoms with van der Waals surface area (Å²) < 4.78 is 0.729. The summed E-state index contributed by atoms with van der Waals surface area (Å²) in [5.41, 5.74) is 1.80. The SMILES string of the molecule is CC(Sc1nnc(NCCc2ccccc2)s1)C(=O)Nc1ccc(Cl)cc1Cl. The Morgan fingerprint density at radius 3 is 2.71 bits per heavy atom. The van der Waals surface area contributed by atoms with E-state index in [-0.39, 0.29) is 11.2 Å². The molecule has 1 aromatic heterocycles. The minimum Gasteiger partial charge on any atom is -0.360 e. The summed E-state index contributed by atoms with van der Waals surface area (Å²) in [6, 6.07) is 15.2. The van der Waals surface area contributed by atoms with E-state index in [0.717, 1.165) is 22.4 Å². The molecule has 0 saturated carbocycles. The van der Waals surface area contributed by atoms with Crippen LogP contribution in [-0.4, -0.2) is 27.9 Å². The molecule has 5 nitrogen and oxygen atoms in total. The van der Waals surface area contributed by atoms with Crippen molar-refractivity contribution in [1.29, 1.82) is 0 Å². The van der Waals surface area contributed by atoms with Crippen LogP contribution in [0.25, 0.3) is 0 Å². The summed E-state index contributed by atoms with van der Waals surface area (Å²) >= 11 is 14.8. The van der Waals surface area contributed by atoms with Gasteiger partial charge < -0.3 is 10.6 Å². The van der Waals surface area contributed by atoms with Crippen molar-refractivity contribution < 1.29 is 4.79 Å². The number of amides is 1. The molecule has 0 spiro atoms. The molecule has 9 heteroatoms. The summed E-state index contributed by atoms with van der Waals surface area (Å²) in [5, 5.41) is 15.7. The van der Waals surface area contributed by atoms with E-state index in [4.69, 9.17) is 23.2 Å². The molecule has 28 heavy (non-hydrogen) atoms. The lowest BCUT2D eigenvalue weighted by Crippen LogP contribution is -2.22. The molecule has 0 aliphatic carbocycles. The molecule has 1 unspecified atom stereocenters. The van der Waals surface area contributed by atoms with Gasteiger partial charge in [-0.15, -0.1) is 10.2 Å². The zero-order chi connectivity index (χ0) is 19.9. The number of anilines is 2. The first-order valence-corrected chi connectivity index (χ1v) is 11.0. The van der Waals surface area contributed by atoms with Crippen LogP contribution in [0.2, 0.25) is 10.0 Å². The van der Waals surface area contributed by atoms with Gasteiger partial charge in [-0.05, 0) is 37.1 Å². The van der Waals surface area contributed by atoms with Gasteiger partial charge in [0.05, 0.1) is 16.0 Å². The average Bonchev–Trinajstić information content (AvgIpc) is 3.12. The van der Waals surface area contributed by atoms with E-state index in [1.54, 1.807) is 18.2 Å². The highest BCUT2D eigenvalue weighted by Gasteiger charge is 2.18.